The molecule has 0 aliphatic rings. The third kappa shape index (κ3) is 5.27. The molecule has 43 heavy (non-hydrogen) atoms. The number of aromatic nitrogens is 1. The van der Waals surface area contributed by atoms with E-state index in [-0.39, 0.29) is 28.4 Å². The zero-order chi connectivity index (χ0) is 31.0. The van der Waals surface area contributed by atoms with E-state index in [1.54, 1.807) is 59.2 Å². The van der Waals surface area contributed by atoms with E-state index in [2.05, 4.69) is 0 Å². The molecule has 3 aromatic carbocycles. The fraction of sp³-hybridized carbons (Fsp3) is 0.242. The molecule has 5 rings (SSSR count). The molecule has 0 saturated carbocycles. The van der Waals surface area contributed by atoms with Gasteiger partial charge >= 0.3 is 5.97 Å². The number of phenols is 3. The molecule has 0 aliphatic heterocycles. The third-order valence-corrected chi connectivity index (χ3v) is 7.39. The Morgan fingerprint density at radius 2 is 1.65 bits per heavy atom. The summed E-state index contributed by atoms with van der Waals surface area (Å²) >= 11 is 0. The summed E-state index contributed by atoms with van der Waals surface area (Å²) in [4.78, 5) is 40.4. The molecule has 0 radical (unpaired) electrons. The topological polar surface area (TPSA) is 148 Å². The first-order chi connectivity index (χ1) is 20.5. The number of phenolic OH excluding ortho intramolecular Hbond substituents is 3. The van der Waals surface area contributed by atoms with Gasteiger partial charge in [-0.05, 0) is 30.2 Å². The van der Waals surface area contributed by atoms with Crippen molar-refractivity contribution in [3.05, 3.63) is 92.4 Å². The van der Waals surface area contributed by atoms with Crippen molar-refractivity contribution < 1.29 is 34.0 Å². The van der Waals surface area contributed by atoms with Gasteiger partial charge in [0.25, 0.3) is 5.56 Å². The van der Waals surface area contributed by atoms with Crippen molar-refractivity contribution in [1.82, 2.24) is 4.57 Å². The fourth-order valence-electron chi connectivity index (χ4n) is 5.37. The van der Waals surface area contributed by atoms with Crippen molar-refractivity contribution in [3.8, 4) is 34.3 Å². The van der Waals surface area contributed by atoms with Crippen LogP contribution in [0.25, 0.3) is 33.2 Å². The lowest BCUT2D eigenvalue weighted by molar-refractivity contribution is -0.140. The van der Waals surface area contributed by atoms with Gasteiger partial charge < -0.3 is 33.8 Å². The molecule has 10 nitrogen and oxygen atoms in total. The number of aromatic hydroxyl groups is 3. The summed E-state index contributed by atoms with van der Waals surface area (Å²) in [6.45, 7) is 4.25. The van der Waals surface area contributed by atoms with Gasteiger partial charge in [-0.2, -0.15) is 0 Å². The monoisotopic (exact) mass is 585 g/mol. The van der Waals surface area contributed by atoms with E-state index >= 15 is 0 Å². The SMILES string of the molecule is COC(=O)C[C@H](c1cc2cc(OC)ccc2n(CC(C)C)c1=O)c1c(O)c(O)c(O)c2c(=O)cc(-c3ccccc3)oc12. The highest BCUT2D eigenvalue weighted by atomic mass is 16.5. The second-order valence-electron chi connectivity index (χ2n) is 10.7. The van der Waals surface area contributed by atoms with Gasteiger partial charge in [0.1, 0.15) is 22.5 Å². The molecule has 0 aliphatic carbocycles. The number of carbonyl (C=O) groups excluding carboxylic acids is 1. The standard InChI is InChI=1S/C33H31NO9/c1-17(2)16-34-23-11-10-20(41-3)12-19(23)13-22(33(34)40)21(14-26(36)42-4)27-29(37)31(39)30(38)28-24(35)15-25(43-32(27)28)18-8-6-5-7-9-18/h5-13,15,17,21,37-39H,14,16H2,1-4H3/t21-/m1/s1. The Kier molecular flexibility index (Phi) is 7.86. The van der Waals surface area contributed by atoms with Crippen LogP contribution in [0, 0.1) is 5.92 Å². The average molecular weight is 586 g/mol. The zero-order valence-electron chi connectivity index (χ0n) is 24.1. The molecule has 0 amide bonds. The largest absolute Gasteiger partial charge is 0.504 e. The van der Waals surface area contributed by atoms with Gasteiger partial charge in [0.2, 0.25) is 5.75 Å². The molecule has 2 aromatic heterocycles. The molecule has 0 bridgehead atoms. The third-order valence-electron chi connectivity index (χ3n) is 7.39. The second-order valence-corrected chi connectivity index (χ2v) is 10.7. The molecule has 1 atom stereocenters. The minimum Gasteiger partial charge on any atom is -0.504 e. The van der Waals surface area contributed by atoms with Crippen molar-refractivity contribution >= 4 is 27.8 Å². The molecule has 3 N–H and O–H groups in total. The van der Waals surface area contributed by atoms with Crippen LogP contribution >= 0.6 is 0 Å². The van der Waals surface area contributed by atoms with Crippen molar-refractivity contribution in [1.29, 1.82) is 0 Å². The van der Waals surface area contributed by atoms with Crippen LogP contribution in [0.4, 0.5) is 0 Å². The Morgan fingerprint density at radius 1 is 0.930 bits per heavy atom. The average Bonchev–Trinajstić information content (AvgIpc) is 3.00. The highest BCUT2D eigenvalue weighted by molar-refractivity contribution is 5.94. The number of nitrogens with zero attached hydrogens (tertiary/aromatic N) is 1. The molecular weight excluding hydrogens is 554 g/mol. The Labute approximate surface area is 246 Å². The quantitative estimate of drug-likeness (QED) is 0.164. The van der Waals surface area contributed by atoms with E-state index < -0.39 is 51.9 Å². The van der Waals surface area contributed by atoms with Gasteiger partial charge in [-0.25, -0.2) is 0 Å². The summed E-state index contributed by atoms with van der Waals surface area (Å²) in [6, 6.07) is 16.7. The van der Waals surface area contributed by atoms with Crippen LogP contribution in [-0.4, -0.2) is 40.1 Å². The van der Waals surface area contributed by atoms with Crippen molar-refractivity contribution in [3.63, 3.8) is 0 Å². The van der Waals surface area contributed by atoms with Crippen LogP contribution < -0.4 is 15.7 Å². The molecule has 5 aromatic rings. The predicted octanol–water partition coefficient (Wildman–Crippen LogP) is 5.25. The van der Waals surface area contributed by atoms with Crippen molar-refractivity contribution in [2.75, 3.05) is 14.2 Å². The predicted molar refractivity (Wildman–Crippen MR) is 161 cm³/mol. The Hall–Kier alpha value is -5.25. The number of pyridine rings is 1. The number of esters is 1. The highest BCUT2D eigenvalue weighted by Gasteiger charge is 2.33. The summed E-state index contributed by atoms with van der Waals surface area (Å²) < 4.78 is 18.1. The maximum atomic E-state index is 14.2. The molecule has 10 heteroatoms. The molecule has 2 heterocycles. The molecule has 0 unspecified atom stereocenters. The number of fused-ring (bicyclic) bond motifs is 2. The molecule has 222 valence electrons. The number of carbonyl (C=O) groups is 1. The first kappa shape index (κ1) is 29.2. The highest BCUT2D eigenvalue weighted by Crippen LogP contribution is 2.49. The number of rotatable bonds is 8. The van der Waals surface area contributed by atoms with Gasteiger partial charge in [-0.3, -0.25) is 14.4 Å². The summed E-state index contributed by atoms with van der Waals surface area (Å²) in [5.74, 6) is -4.00. The normalized spacial score (nSPS) is 12.1. The number of ether oxygens (including phenoxy) is 2. The summed E-state index contributed by atoms with van der Waals surface area (Å²) in [6.07, 6.45) is -0.463. The fourth-order valence-corrected chi connectivity index (χ4v) is 5.37. The van der Waals surface area contributed by atoms with E-state index in [1.165, 1.54) is 14.2 Å². The Bertz CT molecular complexity index is 1970. The lowest BCUT2D eigenvalue weighted by atomic mass is 9.86. The number of hydrogen-bond acceptors (Lipinski definition) is 9. The lowest BCUT2D eigenvalue weighted by Crippen LogP contribution is -2.29. The number of hydrogen-bond donors (Lipinski definition) is 3. The zero-order valence-corrected chi connectivity index (χ0v) is 24.1. The maximum Gasteiger partial charge on any atom is 0.306 e. The first-order valence-corrected chi connectivity index (χ1v) is 13.6. The molecule has 0 saturated heterocycles. The summed E-state index contributed by atoms with van der Waals surface area (Å²) in [7, 11) is 2.70. The van der Waals surface area contributed by atoms with Crippen LogP contribution in [0.5, 0.6) is 23.0 Å². The Balaban J connectivity index is 1.92. The Morgan fingerprint density at radius 3 is 2.30 bits per heavy atom. The minimum atomic E-state index is -1.27. The van der Waals surface area contributed by atoms with Crippen LogP contribution in [0.15, 0.2) is 74.7 Å². The number of methoxy groups -OCH3 is 2. The first-order valence-electron chi connectivity index (χ1n) is 13.6. The van der Waals surface area contributed by atoms with Crippen LogP contribution in [0.1, 0.15) is 37.3 Å². The van der Waals surface area contributed by atoms with E-state index in [0.717, 1.165) is 6.07 Å². The lowest BCUT2D eigenvalue weighted by Gasteiger charge is -2.23. The summed E-state index contributed by atoms with van der Waals surface area (Å²) in [5, 5.41) is 33.0. The van der Waals surface area contributed by atoms with Crippen molar-refractivity contribution in [2.45, 2.75) is 32.7 Å². The van der Waals surface area contributed by atoms with Crippen LogP contribution in [-0.2, 0) is 16.1 Å². The van der Waals surface area contributed by atoms with Gasteiger partial charge in [0, 0.05) is 40.6 Å². The van der Waals surface area contributed by atoms with Crippen molar-refractivity contribution in [2.24, 2.45) is 5.92 Å². The van der Waals surface area contributed by atoms with Crippen LogP contribution in [0.3, 0.4) is 0 Å². The van der Waals surface area contributed by atoms with Gasteiger partial charge in [-0.15, -0.1) is 0 Å². The smallest absolute Gasteiger partial charge is 0.306 e. The van der Waals surface area contributed by atoms with E-state index in [4.69, 9.17) is 13.9 Å². The van der Waals surface area contributed by atoms with Gasteiger partial charge in [0.15, 0.2) is 16.9 Å². The van der Waals surface area contributed by atoms with E-state index in [1.807, 2.05) is 13.8 Å². The molecular formula is C33H31NO9. The second kappa shape index (κ2) is 11.6. The molecule has 0 spiro atoms. The van der Waals surface area contributed by atoms with E-state index in [0.29, 0.717) is 28.8 Å². The number of benzene rings is 3. The van der Waals surface area contributed by atoms with E-state index in [9.17, 15) is 29.7 Å². The van der Waals surface area contributed by atoms with Gasteiger partial charge in [0.05, 0.1) is 26.2 Å². The van der Waals surface area contributed by atoms with Gasteiger partial charge in [-0.1, -0.05) is 44.2 Å². The molecule has 0 fully saturated rings. The minimum absolute atomic E-state index is 0.0655. The van der Waals surface area contributed by atoms with Crippen LogP contribution in [0.2, 0.25) is 0 Å². The maximum absolute atomic E-state index is 14.2. The summed E-state index contributed by atoms with van der Waals surface area (Å²) in [5.41, 5.74) is -0.439.